The minimum absolute atomic E-state index is 0.0532. The van der Waals surface area contributed by atoms with Crippen LogP contribution >= 0.6 is 0 Å². The van der Waals surface area contributed by atoms with Crippen LogP contribution in [0.5, 0.6) is 0 Å². The van der Waals surface area contributed by atoms with Crippen LogP contribution in [0, 0.1) is 12.8 Å². The summed E-state index contributed by atoms with van der Waals surface area (Å²) in [5, 5.41) is 4.33. The van der Waals surface area contributed by atoms with Crippen molar-refractivity contribution in [3.8, 4) is 5.69 Å². The monoisotopic (exact) mass is 437 g/mol. The van der Waals surface area contributed by atoms with Crippen LogP contribution in [-0.4, -0.2) is 63.4 Å². The zero-order valence-electron chi connectivity index (χ0n) is 18.6. The highest BCUT2D eigenvalue weighted by Crippen LogP contribution is 2.26. The van der Waals surface area contributed by atoms with Gasteiger partial charge in [-0.1, -0.05) is 17.7 Å². The average Bonchev–Trinajstić information content (AvgIpc) is 3.39. The molecule has 170 valence electrons. The van der Waals surface area contributed by atoms with Crippen molar-refractivity contribution < 1.29 is 14.4 Å². The van der Waals surface area contributed by atoms with Crippen molar-refractivity contribution >= 4 is 23.4 Å². The molecule has 2 aromatic rings. The molecule has 2 saturated heterocycles. The summed E-state index contributed by atoms with van der Waals surface area (Å²) in [5.74, 6) is 0.242. The van der Waals surface area contributed by atoms with Crippen LogP contribution in [0.15, 0.2) is 30.5 Å². The van der Waals surface area contributed by atoms with Crippen LogP contribution in [0.1, 0.15) is 54.4 Å². The molecule has 32 heavy (non-hydrogen) atoms. The summed E-state index contributed by atoms with van der Waals surface area (Å²) in [7, 11) is 0. The number of benzene rings is 1. The molecule has 2 fully saturated rings. The summed E-state index contributed by atoms with van der Waals surface area (Å²) in [4.78, 5) is 41.3. The number of nitrogens with two attached hydrogens (primary N) is 1. The smallest absolute Gasteiger partial charge is 0.222 e. The fourth-order valence-electron chi connectivity index (χ4n) is 4.60. The maximum absolute atomic E-state index is 13.2. The third kappa shape index (κ3) is 4.69. The number of hydrogen-bond donors (Lipinski definition) is 1. The van der Waals surface area contributed by atoms with Crippen LogP contribution in [0.4, 0.5) is 5.82 Å². The molecule has 2 amide bonds. The van der Waals surface area contributed by atoms with Gasteiger partial charge >= 0.3 is 0 Å². The highest BCUT2D eigenvalue weighted by molar-refractivity contribution is 6.02. The zero-order chi connectivity index (χ0) is 22.7. The number of hydrogen-bond acceptors (Lipinski definition) is 5. The maximum Gasteiger partial charge on any atom is 0.222 e. The Balaban J connectivity index is 1.35. The number of likely N-dealkylation sites (tertiary alicyclic amines) is 2. The Kier molecular flexibility index (Phi) is 6.58. The van der Waals surface area contributed by atoms with Gasteiger partial charge in [-0.05, 0) is 44.7 Å². The van der Waals surface area contributed by atoms with Gasteiger partial charge < -0.3 is 15.5 Å². The quantitative estimate of drug-likeness (QED) is 0.671. The lowest BCUT2D eigenvalue weighted by atomic mass is 9.90. The number of nitrogen functional groups attached to an aromatic ring is 1. The van der Waals surface area contributed by atoms with Gasteiger partial charge in [0, 0.05) is 44.9 Å². The maximum atomic E-state index is 13.2. The van der Waals surface area contributed by atoms with Gasteiger partial charge in [0.05, 0.1) is 17.4 Å². The molecule has 0 radical (unpaired) electrons. The van der Waals surface area contributed by atoms with Crippen molar-refractivity contribution in [2.75, 3.05) is 31.9 Å². The molecule has 2 aliphatic heterocycles. The summed E-state index contributed by atoms with van der Waals surface area (Å²) in [6.45, 7) is 4.52. The van der Waals surface area contributed by atoms with Gasteiger partial charge in [-0.25, -0.2) is 4.68 Å². The zero-order valence-corrected chi connectivity index (χ0v) is 18.6. The molecular weight excluding hydrogens is 406 g/mol. The molecule has 0 spiro atoms. The van der Waals surface area contributed by atoms with E-state index in [1.165, 1.54) is 6.20 Å². The van der Waals surface area contributed by atoms with Crippen molar-refractivity contribution in [2.24, 2.45) is 5.92 Å². The first-order valence-corrected chi connectivity index (χ1v) is 11.4. The van der Waals surface area contributed by atoms with Gasteiger partial charge in [-0.15, -0.1) is 0 Å². The van der Waals surface area contributed by atoms with E-state index in [2.05, 4.69) is 5.10 Å². The number of aromatic nitrogens is 2. The van der Waals surface area contributed by atoms with Gasteiger partial charge in [0.25, 0.3) is 0 Å². The van der Waals surface area contributed by atoms with Gasteiger partial charge in [0.15, 0.2) is 5.78 Å². The lowest BCUT2D eigenvalue weighted by Gasteiger charge is -2.32. The lowest BCUT2D eigenvalue weighted by Crippen LogP contribution is -2.42. The first-order chi connectivity index (χ1) is 15.4. The first-order valence-electron chi connectivity index (χ1n) is 11.4. The Morgan fingerprint density at radius 2 is 1.94 bits per heavy atom. The predicted octanol–water partition coefficient (Wildman–Crippen LogP) is 2.59. The summed E-state index contributed by atoms with van der Waals surface area (Å²) in [6.07, 6.45) is 5.65. The second-order valence-corrected chi connectivity index (χ2v) is 8.82. The molecule has 1 aromatic heterocycles. The molecule has 0 bridgehead atoms. The largest absolute Gasteiger partial charge is 0.383 e. The number of rotatable bonds is 7. The molecule has 4 rings (SSSR count). The third-order valence-corrected chi connectivity index (χ3v) is 6.49. The Hall–Kier alpha value is -3.16. The molecule has 2 aliphatic rings. The second kappa shape index (κ2) is 9.54. The number of anilines is 1. The Bertz CT molecular complexity index is 998. The van der Waals surface area contributed by atoms with Crippen molar-refractivity contribution in [1.29, 1.82) is 0 Å². The fraction of sp³-hybridized carbons (Fsp3) is 0.500. The topological polar surface area (TPSA) is 102 Å². The predicted molar refractivity (Wildman–Crippen MR) is 121 cm³/mol. The van der Waals surface area contributed by atoms with Gasteiger partial charge in [0.1, 0.15) is 5.82 Å². The lowest BCUT2D eigenvalue weighted by molar-refractivity contribution is -0.133. The van der Waals surface area contributed by atoms with E-state index in [1.807, 2.05) is 36.1 Å². The summed E-state index contributed by atoms with van der Waals surface area (Å²) >= 11 is 0. The van der Waals surface area contributed by atoms with Crippen LogP contribution in [0.25, 0.3) is 5.69 Å². The summed E-state index contributed by atoms with van der Waals surface area (Å²) in [6, 6.07) is 7.79. The van der Waals surface area contributed by atoms with Crippen LogP contribution in [0.2, 0.25) is 0 Å². The van der Waals surface area contributed by atoms with E-state index in [0.717, 1.165) is 37.1 Å². The number of amides is 2. The third-order valence-electron chi connectivity index (χ3n) is 6.49. The van der Waals surface area contributed by atoms with Crippen molar-refractivity contribution in [1.82, 2.24) is 19.6 Å². The van der Waals surface area contributed by atoms with Gasteiger partial charge in [0.2, 0.25) is 11.8 Å². The van der Waals surface area contributed by atoms with E-state index in [0.29, 0.717) is 50.3 Å². The summed E-state index contributed by atoms with van der Waals surface area (Å²) in [5.41, 5.74) is 8.64. The standard InChI is InChI=1S/C24H31N5O3/c1-17-8-10-19(11-9-17)29-24(25)20(15-26-29)23(32)18-5-2-14-28(16-18)22(31)7-4-13-27-12-3-6-21(27)30/h8-11,15,18H,2-7,12-14,16,25H2,1H3. The van der Waals surface area contributed by atoms with Crippen LogP contribution in [-0.2, 0) is 9.59 Å². The SMILES string of the molecule is Cc1ccc(-n2ncc(C(=O)C3CCCN(C(=O)CCCN4CCCC4=O)C3)c2N)cc1. The average molecular weight is 438 g/mol. The second-order valence-electron chi connectivity index (χ2n) is 8.82. The first kappa shape index (κ1) is 22.0. The normalized spacial score (nSPS) is 18.9. The summed E-state index contributed by atoms with van der Waals surface area (Å²) < 4.78 is 1.58. The molecule has 8 heteroatoms. The highest BCUT2D eigenvalue weighted by Gasteiger charge is 2.31. The Morgan fingerprint density at radius 1 is 1.16 bits per heavy atom. The molecule has 0 saturated carbocycles. The van der Waals surface area contributed by atoms with E-state index in [-0.39, 0.29) is 23.5 Å². The van der Waals surface area contributed by atoms with Crippen LogP contribution < -0.4 is 5.73 Å². The van der Waals surface area contributed by atoms with E-state index < -0.39 is 0 Å². The molecule has 1 unspecified atom stereocenters. The number of Topliss-reactive ketones (excluding diaryl/α,β-unsaturated/α-hetero) is 1. The molecular formula is C24H31N5O3. The number of carbonyl (C=O) groups excluding carboxylic acids is 3. The van der Waals surface area contributed by atoms with E-state index >= 15 is 0 Å². The van der Waals surface area contributed by atoms with Crippen molar-refractivity contribution in [2.45, 2.75) is 45.4 Å². The molecule has 8 nitrogen and oxygen atoms in total. The molecule has 2 N–H and O–H groups in total. The molecule has 0 aliphatic carbocycles. The number of piperidine rings is 1. The van der Waals surface area contributed by atoms with Gasteiger partial charge in [-0.2, -0.15) is 5.10 Å². The van der Waals surface area contributed by atoms with Crippen LogP contribution in [0.3, 0.4) is 0 Å². The van der Waals surface area contributed by atoms with E-state index in [4.69, 9.17) is 5.73 Å². The number of aryl methyl sites for hydroxylation is 1. The Morgan fingerprint density at radius 3 is 2.66 bits per heavy atom. The minimum Gasteiger partial charge on any atom is -0.383 e. The highest BCUT2D eigenvalue weighted by atomic mass is 16.2. The Labute approximate surface area is 188 Å². The molecule has 3 heterocycles. The number of ketones is 1. The van der Waals surface area contributed by atoms with Crippen molar-refractivity contribution in [3.63, 3.8) is 0 Å². The van der Waals surface area contributed by atoms with Gasteiger partial charge in [-0.3, -0.25) is 14.4 Å². The molecule has 1 aromatic carbocycles. The number of carbonyl (C=O) groups is 3. The van der Waals surface area contributed by atoms with Crippen molar-refractivity contribution in [3.05, 3.63) is 41.6 Å². The van der Waals surface area contributed by atoms with E-state index in [1.54, 1.807) is 9.58 Å². The fourth-order valence-corrected chi connectivity index (χ4v) is 4.60. The number of nitrogens with zero attached hydrogens (tertiary/aromatic N) is 4. The molecule has 1 atom stereocenters. The van der Waals surface area contributed by atoms with E-state index in [9.17, 15) is 14.4 Å². The minimum atomic E-state index is -0.272.